The SMILES string of the molecule is CC(=O)NC1(C(=O)N2CCN(c3ccncc3Cl)CC2)CCCCC1. The molecule has 0 aromatic carbocycles. The number of nitrogens with zero attached hydrogens (tertiary/aromatic N) is 3. The molecule has 136 valence electrons. The molecule has 1 saturated carbocycles. The number of piperazine rings is 1. The molecule has 1 aliphatic heterocycles. The first kappa shape index (κ1) is 18.0. The lowest BCUT2D eigenvalue weighted by Gasteiger charge is -2.43. The fourth-order valence-corrected chi connectivity index (χ4v) is 4.20. The first-order valence-corrected chi connectivity index (χ1v) is 9.32. The highest BCUT2D eigenvalue weighted by Crippen LogP contribution is 2.31. The number of nitrogens with one attached hydrogen (secondary N) is 1. The van der Waals surface area contributed by atoms with Gasteiger partial charge >= 0.3 is 0 Å². The van der Waals surface area contributed by atoms with Crippen LogP contribution in [0.25, 0.3) is 0 Å². The number of carbonyl (C=O) groups excluding carboxylic acids is 2. The first-order chi connectivity index (χ1) is 12.0. The Kier molecular flexibility index (Phi) is 5.47. The fourth-order valence-electron chi connectivity index (χ4n) is 3.96. The summed E-state index contributed by atoms with van der Waals surface area (Å²) >= 11 is 6.23. The summed E-state index contributed by atoms with van der Waals surface area (Å²) in [6, 6.07) is 1.90. The molecule has 2 aliphatic rings. The molecule has 2 fully saturated rings. The second-order valence-corrected chi connectivity index (χ2v) is 7.34. The summed E-state index contributed by atoms with van der Waals surface area (Å²) in [5.41, 5.74) is 0.249. The molecule has 0 bridgehead atoms. The molecule has 1 aromatic rings. The smallest absolute Gasteiger partial charge is 0.248 e. The molecule has 0 radical (unpaired) electrons. The number of hydrogen-bond acceptors (Lipinski definition) is 4. The molecular weight excluding hydrogens is 340 g/mol. The van der Waals surface area contributed by atoms with Crippen molar-refractivity contribution in [2.75, 3.05) is 31.1 Å². The van der Waals surface area contributed by atoms with Crippen molar-refractivity contribution in [3.8, 4) is 0 Å². The Morgan fingerprint density at radius 2 is 1.84 bits per heavy atom. The van der Waals surface area contributed by atoms with Gasteiger partial charge < -0.3 is 15.1 Å². The van der Waals surface area contributed by atoms with E-state index < -0.39 is 5.54 Å². The van der Waals surface area contributed by atoms with Crippen molar-refractivity contribution >= 4 is 29.1 Å². The Hall–Kier alpha value is -1.82. The lowest BCUT2D eigenvalue weighted by atomic mass is 9.80. The number of halogens is 1. The second kappa shape index (κ2) is 7.60. The summed E-state index contributed by atoms with van der Waals surface area (Å²) in [5.74, 6) is -0.0553. The maximum Gasteiger partial charge on any atom is 0.248 e. The summed E-state index contributed by atoms with van der Waals surface area (Å²) < 4.78 is 0. The lowest BCUT2D eigenvalue weighted by Crippen LogP contribution is -2.63. The third-order valence-corrected chi connectivity index (χ3v) is 5.48. The van der Waals surface area contributed by atoms with E-state index in [9.17, 15) is 9.59 Å². The van der Waals surface area contributed by atoms with Gasteiger partial charge in [-0.25, -0.2) is 0 Å². The third kappa shape index (κ3) is 3.89. The topological polar surface area (TPSA) is 65.5 Å². The summed E-state index contributed by atoms with van der Waals surface area (Å²) in [4.78, 5) is 32.9. The van der Waals surface area contributed by atoms with E-state index in [1.807, 2.05) is 11.0 Å². The quantitative estimate of drug-likeness (QED) is 0.893. The normalized spacial score (nSPS) is 20.2. The average Bonchev–Trinajstić information content (AvgIpc) is 2.62. The van der Waals surface area contributed by atoms with Gasteiger partial charge in [-0.1, -0.05) is 30.9 Å². The molecule has 0 spiro atoms. The highest BCUT2D eigenvalue weighted by atomic mass is 35.5. The van der Waals surface area contributed by atoms with E-state index in [4.69, 9.17) is 11.6 Å². The van der Waals surface area contributed by atoms with Gasteiger partial charge in [0.2, 0.25) is 11.8 Å². The van der Waals surface area contributed by atoms with Crippen molar-refractivity contribution < 1.29 is 9.59 Å². The molecular formula is C18H25ClN4O2. The Bertz CT molecular complexity index is 638. The second-order valence-electron chi connectivity index (χ2n) is 6.93. The molecule has 1 aliphatic carbocycles. The molecule has 1 aromatic heterocycles. The van der Waals surface area contributed by atoms with Crippen molar-refractivity contribution in [1.29, 1.82) is 0 Å². The van der Waals surface area contributed by atoms with Crippen molar-refractivity contribution in [3.63, 3.8) is 0 Å². The number of anilines is 1. The van der Waals surface area contributed by atoms with Gasteiger partial charge in [-0.2, -0.15) is 0 Å². The van der Waals surface area contributed by atoms with Gasteiger partial charge in [-0.05, 0) is 18.9 Å². The van der Waals surface area contributed by atoms with E-state index in [1.165, 1.54) is 6.92 Å². The predicted octanol–water partition coefficient (Wildman–Crippen LogP) is 2.22. The summed E-state index contributed by atoms with van der Waals surface area (Å²) in [5, 5.41) is 3.60. The van der Waals surface area contributed by atoms with Gasteiger partial charge in [0.05, 0.1) is 10.7 Å². The zero-order chi connectivity index (χ0) is 17.9. The Morgan fingerprint density at radius 1 is 1.16 bits per heavy atom. The zero-order valence-corrected chi connectivity index (χ0v) is 15.4. The van der Waals surface area contributed by atoms with E-state index >= 15 is 0 Å². The van der Waals surface area contributed by atoms with Crippen molar-refractivity contribution in [2.45, 2.75) is 44.6 Å². The number of amides is 2. The number of aromatic nitrogens is 1. The molecule has 2 amide bonds. The van der Waals surface area contributed by atoms with E-state index in [0.29, 0.717) is 18.1 Å². The van der Waals surface area contributed by atoms with Crippen molar-refractivity contribution in [1.82, 2.24) is 15.2 Å². The predicted molar refractivity (Wildman–Crippen MR) is 97.7 cm³/mol. The monoisotopic (exact) mass is 364 g/mol. The minimum Gasteiger partial charge on any atom is -0.367 e. The van der Waals surface area contributed by atoms with Gasteiger partial charge in [-0.3, -0.25) is 14.6 Å². The fraction of sp³-hybridized carbons (Fsp3) is 0.611. The zero-order valence-electron chi connectivity index (χ0n) is 14.6. The highest BCUT2D eigenvalue weighted by Gasteiger charge is 2.43. The van der Waals surface area contributed by atoms with Crippen LogP contribution in [-0.2, 0) is 9.59 Å². The van der Waals surface area contributed by atoms with Crippen LogP contribution >= 0.6 is 11.6 Å². The number of pyridine rings is 1. The maximum absolute atomic E-state index is 13.2. The van der Waals surface area contributed by atoms with Gasteiger partial charge in [-0.15, -0.1) is 0 Å². The van der Waals surface area contributed by atoms with Crippen LogP contribution in [0.2, 0.25) is 5.02 Å². The van der Waals surface area contributed by atoms with Crippen molar-refractivity contribution in [2.24, 2.45) is 0 Å². The van der Waals surface area contributed by atoms with Crippen LogP contribution in [0.5, 0.6) is 0 Å². The molecule has 1 N–H and O–H groups in total. The minimum absolute atomic E-state index is 0.0721. The van der Waals surface area contributed by atoms with Crippen LogP contribution in [0.3, 0.4) is 0 Å². The molecule has 6 nitrogen and oxygen atoms in total. The molecule has 2 heterocycles. The number of carbonyl (C=O) groups is 2. The molecule has 3 rings (SSSR count). The van der Waals surface area contributed by atoms with Gasteiger partial charge in [0.25, 0.3) is 0 Å². The lowest BCUT2D eigenvalue weighted by molar-refractivity contribution is -0.143. The third-order valence-electron chi connectivity index (χ3n) is 5.19. The molecule has 1 saturated heterocycles. The Balaban J connectivity index is 1.67. The molecule has 0 atom stereocenters. The largest absolute Gasteiger partial charge is 0.367 e. The molecule has 25 heavy (non-hydrogen) atoms. The summed E-state index contributed by atoms with van der Waals surface area (Å²) in [6.07, 6.45) is 7.94. The van der Waals surface area contributed by atoms with Crippen LogP contribution in [0, 0.1) is 0 Å². The summed E-state index contributed by atoms with van der Waals surface area (Å²) in [6.45, 7) is 4.22. The minimum atomic E-state index is -0.708. The molecule has 7 heteroatoms. The van der Waals surface area contributed by atoms with Crippen molar-refractivity contribution in [3.05, 3.63) is 23.5 Å². The standard InChI is InChI=1S/C18H25ClN4O2/c1-14(24)21-18(6-3-2-4-7-18)17(25)23-11-9-22(10-12-23)16-5-8-20-13-15(16)19/h5,8,13H,2-4,6-7,9-12H2,1H3,(H,21,24). The van der Waals surface area contributed by atoms with Crippen LogP contribution in [0.15, 0.2) is 18.5 Å². The van der Waals surface area contributed by atoms with E-state index in [0.717, 1.165) is 50.9 Å². The molecule has 0 unspecified atom stereocenters. The maximum atomic E-state index is 13.2. The number of rotatable bonds is 3. The van der Waals surface area contributed by atoms with Crippen LogP contribution < -0.4 is 10.2 Å². The van der Waals surface area contributed by atoms with E-state index in [-0.39, 0.29) is 11.8 Å². The Labute approximate surface area is 153 Å². The van der Waals surface area contributed by atoms with Gasteiger partial charge in [0, 0.05) is 45.5 Å². The van der Waals surface area contributed by atoms with Crippen LogP contribution in [0.4, 0.5) is 5.69 Å². The first-order valence-electron chi connectivity index (χ1n) is 8.94. The van der Waals surface area contributed by atoms with Gasteiger partial charge in [0.15, 0.2) is 0 Å². The van der Waals surface area contributed by atoms with Crippen LogP contribution in [-0.4, -0.2) is 53.4 Å². The highest BCUT2D eigenvalue weighted by molar-refractivity contribution is 6.33. The average molecular weight is 365 g/mol. The summed E-state index contributed by atoms with van der Waals surface area (Å²) in [7, 11) is 0. The van der Waals surface area contributed by atoms with E-state index in [1.54, 1.807) is 12.4 Å². The Morgan fingerprint density at radius 3 is 2.44 bits per heavy atom. The number of hydrogen-bond donors (Lipinski definition) is 1. The van der Waals surface area contributed by atoms with E-state index in [2.05, 4.69) is 15.2 Å². The van der Waals surface area contributed by atoms with Crippen LogP contribution in [0.1, 0.15) is 39.0 Å². The van der Waals surface area contributed by atoms with Gasteiger partial charge in [0.1, 0.15) is 5.54 Å².